The Kier molecular flexibility index (Phi) is 3.20. The van der Waals surface area contributed by atoms with Gasteiger partial charge in [0.15, 0.2) is 0 Å². The molecule has 0 spiro atoms. The molecule has 0 N–H and O–H groups in total. The van der Waals surface area contributed by atoms with Crippen LogP contribution in [0.2, 0.25) is 0 Å². The summed E-state index contributed by atoms with van der Waals surface area (Å²) in [6.07, 6.45) is 1.87. The summed E-state index contributed by atoms with van der Waals surface area (Å²) in [4.78, 5) is 23.6. The van der Waals surface area contributed by atoms with Gasteiger partial charge in [-0.15, -0.1) is 0 Å². The number of hydrogen-bond acceptors (Lipinski definition) is 3. The molecule has 1 aliphatic carbocycles. The fraction of sp³-hybridized carbons (Fsp3) is 0.467. The Morgan fingerprint density at radius 1 is 1.40 bits per heavy atom. The lowest BCUT2D eigenvalue weighted by molar-refractivity contribution is -0.137. The molecular formula is C15H16FNO3. The molecule has 106 valence electrons. The van der Waals surface area contributed by atoms with Crippen molar-refractivity contribution in [2.75, 3.05) is 13.1 Å². The van der Waals surface area contributed by atoms with Gasteiger partial charge < -0.3 is 14.4 Å². The van der Waals surface area contributed by atoms with Crippen LogP contribution in [0, 0.1) is 11.7 Å². The standard InChI is InChI=1S/C15H16FNO3/c1-9(19)17-6-13(7-17)20-12-4-11-2-10(8-18)3-14(11)15(16)5-12/h4-5,8,10,13H,2-3,6-7H2,1H3. The van der Waals surface area contributed by atoms with Gasteiger partial charge in [-0.1, -0.05) is 0 Å². The van der Waals surface area contributed by atoms with Crippen molar-refractivity contribution < 1.29 is 18.7 Å². The number of halogens is 1. The minimum atomic E-state index is -0.301. The van der Waals surface area contributed by atoms with E-state index in [-0.39, 0.29) is 23.7 Å². The molecular weight excluding hydrogens is 261 g/mol. The lowest BCUT2D eigenvalue weighted by Gasteiger charge is -2.38. The third kappa shape index (κ3) is 2.28. The number of carbonyl (C=O) groups excluding carboxylic acids is 2. The van der Waals surface area contributed by atoms with E-state index in [0.29, 0.717) is 37.2 Å². The van der Waals surface area contributed by atoms with Crippen molar-refractivity contribution in [3.05, 3.63) is 29.1 Å². The van der Waals surface area contributed by atoms with Crippen LogP contribution in [0.1, 0.15) is 18.1 Å². The first kappa shape index (κ1) is 13.1. The van der Waals surface area contributed by atoms with Crippen LogP contribution in [0.25, 0.3) is 0 Å². The van der Waals surface area contributed by atoms with Crippen molar-refractivity contribution in [2.24, 2.45) is 5.92 Å². The van der Waals surface area contributed by atoms with Crippen LogP contribution in [0.5, 0.6) is 5.75 Å². The van der Waals surface area contributed by atoms with Crippen LogP contribution in [-0.4, -0.2) is 36.3 Å². The van der Waals surface area contributed by atoms with E-state index >= 15 is 0 Å². The number of nitrogens with zero attached hydrogens (tertiary/aromatic N) is 1. The molecule has 4 nitrogen and oxygen atoms in total. The average Bonchev–Trinajstić information content (AvgIpc) is 2.76. The summed E-state index contributed by atoms with van der Waals surface area (Å²) in [5.41, 5.74) is 1.49. The number of likely N-dealkylation sites (tertiary alicyclic amines) is 1. The second kappa shape index (κ2) is 4.89. The number of benzene rings is 1. The summed E-state index contributed by atoms with van der Waals surface area (Å²) in [5.74, 6) is 0.0936. The molecule has 1 heterocycles. The molecule has 2 aliphatic rings. The van der Waals surface area contributed by atoms with Gasteiger partial charge in [0, 0.05) is 18.9 Å². The highest BCUT2D eigenvalue weighted by atomic mass is 19.1. The summed E-state index contributed by atoms with van der Waals surface area (Å²) in [5, 5.41) is 0. The molecule has 1 aromatic rings. The lowest BCUT2D eigenvalue weighted by Crippen LogP contribution is -2.55. The number of hydrogen-bond donors (Lipinski definition) is 0. The molecule has 5 heteroatoms. The Morgan fingerprint density at radius 3 is 2.80 bits per heavy atom. The van der Waals surface area contributed by atoms with E-state index in [0.717, 1.165) is 11.8 Å². The normalized spacial score (nSPS) is 21.3. The van der Waals surface area contributed by atoms with Crippen molar-refractivity contribution >= 4 is 12.2 Å². The van der Waals surface area contributed by atoms with Crippen molar-refractivity contribution in [1.82, 2.24) is 4.90 Å². The first-order valence-corrected chi connectivity index (χ1v) is 6.75. The van der Waals surface area contributed by atoms with Gasteiger partial charge in [0.05, 0.1) is 13.1 Å². The van der Waals surface area contributed by atoms with Crippen molar-refractivity contribution in [1.29, 1.82) is 0 Å². The summed E-state index contributed by atoms with van der Waals surface area (Å²) in [7, 11) is 0. The molecule has 0 bridgehead atoms. The molecule has 20 heavy (non-hydrogen) atoms. The maximum Gasteiger partial charge on any atom is 0.219 e. The van der Waals surface area contributed by atoms with Crippen LogP contribution in [-0.2, 0) is 22.4 Å². The fourth-order valence-corrected chi connectivity index (χ4v) is 2.82. The Labute approximate surface area is 116 Å². The third-order valence-electron chi connectivity index (χ3n) is 4.00. The molecule has 1 fully saturated rings. The molecule has 1 aliphatic heterocycles. The van der Waals surface area contributed by atoms with Gasteiger partial charge in [0.2, 0.25) is 5.91 Å². The first-order chi connectivity index (χ1) is 9.56. The minimum Gasteiger partial charge on any atom is -0.487 e. The van der Waals surface area contributed by atoms with Crippen molar-refractivity contribution in [2.45, 2.75) is 25.9 Å². The van der Waals surface area contributed by atoms with E-state index in [1.807, 2.05) is 6.07 Å². The Balaban J connectivity index is 1.69. The summed E-state index contributed by atoms with van der Waals surface area (Å²) < 4.78 is 19.7. The molecule has 1 aromatic carbocycles. The van der Waals surface area contributed by atoms with Crippen LogP contribution < -0.4 is 4.74 Å². The second-order valence-electron chi connectivity index (χ2n) is 5.51. The zero-order chi connectivity index (χ0) is 14.3. The van der Waals surface area contributed by atoms with E-state index < -0.39 is 0 Å². The molecule has 0 radical (unpaired) electrons. The van der Waals surface area contributed by atoms with Crippen molar-refractivity contribution in [3.8, 4) is 5.75 Å². The molecule has 0 saturated carbocycles. The highest BCUT2D eigenvalue weighted by Crippen LogP contribution is 2.32. The topological polar surface area (TPSA) is 46.6 Å². The zero-order valence-electron chi connectivity index (χ0n) is 11.3. The fourth-order valence-electron chi connectivity index (χ4n) is 2.82. The van der Waals surface area contributed by atoms with Gasteiger partial charge >= 0.3 is 0 Å². The predicted molar refractivity (Wildman–Crippen MR) is 70.0 cm³/mol. The molecule has 0 aromatic heterocycles. The van der Waals surface area contributed by atoms with Crippen LogP contribution in [0.15, 0.2) is 12.1 Å². The van der Waals surface area contributed by atoms with Gasteiger partial charge in [-0.2, -0.15) is 0 Å². The molecule has 1 atom stereocenters. The number of rotatable bonds is 3. The molecule has 1 amide bonds. The quantitative estimate of drug-likeness (QED) is 0.783. The van der Waals surface area contributed by atoms with Gasteiger partial charge in [0.25, 0.3) is 0 Å². The Hall–Kier alpha value is -1.91. The van der Waals surface area contributed by atoms with Gasteiger partial charge in [-0.05, 0) is 30.0 Å². The van der Waals surface area contributed by atoms with Crippen molar-refractivity contribution in [3.63, 3.8) is 0 Å². The minimum absolute atomic E-state index is 0.0267. The van der Waals surface area contributed by atoms with E-state index in [1.54, 1.807) is 4.90 Å². The summed E-state index contributed by atoms with van der Waals surface area (Å²) in [6, 6.07) is 3.20. The van der Waals surface area contributed by atoms with Gasteiger partial charge in [-0.3, -0.25) is 4.79 Å². The van der Waals surface area contributed by atoms with Gasteiger partial charge in [0.1, 0.15) is 24.0 Å². The maximum atomic E-state index is 14.0. The van der Waals surface area contributed by atoms with E-state index in [2.05, 4.69) is 0 Å². The van der Waals surface area contributed by atoms with E-state index in [4.69, 9.17) is 4.74 Å². The highest BCUT2D eigenvalue weighted by Gasteiger charge is 2.31. The lowest BCUT2D eigenvalue weighted by atomic mass is 10.1. The summed E-state index contributed by atoms with van der Waals surface area (Å²) >= 11 is 0. The predicted octanol–water partition coefficient (Wildman–Crippen LogP) is 1.35. The molecule has 1 unspecified atom stereocenters. The molecule has 1 saturated heterocycles. The van der Waals surface area contributed by atoms with Crippen LogP contribution in [0.4, 0.5) is 4.39 Å². The highest BCUT2D eigenvalue weighted by molar-refractivity contribution is 5.74. The van der Waals surface area contributed by atoms with Crippen LogP contribution in [0.3, 0.4) is 0 Å². The number of ether oxygens (including phenoxy) is 1. The van der Waals surface area contributed by atoms with E-state index in [9.17, 15) is 14.0 Å². The number of aldehydes is 1. The average molecular weight is 277 g/mol. The van der Waals surface area contributed by atoms with Crippen LogP contribution >= 0.6 is 0 Å². The van der Waals surface area contributed by atoms with Gasteiger partial charge in [-0.25, -0.2) is 4.39 Å². The largest absolute Gasteiger partial charge is 0.487 e. The first-order valence-electron chi connectivity index (χ1n) is 6.75. The van der Waals surface area contributed by atoms with E-state index in [1.165, 1.54) is 13.0 Å². The zero-order valence-corrected chi connectivity index (χ0v) is 11.3. The SMILES string of the molecule is CC(=O)N1CC(Oc2cc(F)c3c(c2)CC(C=O)C3)C1. The Morgan fingerprint density at radius 2 is 2.15 bits per heavy atom. The number of carbonyl (C=O) groups is 2. The smallest absolute Gasteiger partial charge is 0.219 e. The number of amides is 1. The second-order valence-corrected chi connectivity index (χ2v) is 5.51. The number of fused-ring (bicyclic) bond motifs is 1. The monoisotopic (exact) mass is 277 g/mol. The maximum absolute atomic E-state index is 14.0. The summed E-state index contributed by atoms with van der Waals surface area (Å²) in [6.45, 7) is 2.61. The third-order valence-corrected chi connectivity index (χ3v) is 4.00. The molecule has 3 rings (SSSR count). The Bertz CT molecular complexity index is 566.